The Kier molecular flexibility index (Phi) is 2.98. The van der Waals surface area contributed by atoms with Crippen LogP contribution in [0.4, 0.5) is 4.39 Å². The topological polar surface area (TPSA) is 25.8 Å². The maximum atomic E-state index is 12.8. The highest BCUT2D eigenvalue weighted by molar-refractivity contribution is 9.10. The Balaban J connectivity index is 2.49. The molecule has 0 amide bonds. The summed E-state index contributed by atoms with van der Waals surface area (Å²) in [4.78, 5) is 8.15. The third-order valence-electron chi connectivity index (χ3n) is 1.79. The monoisotopic (exact) mass is 286 g/mol. The molecule has 2 aromatic rings. The van der Waals surface area contributed by atoms with E-state index in [2.05, 4.69) is 25.9 Å². The lowest BCUT2D eigenvalue weighted by Crippen LogP contribution is -1.89. The lowest BCUT2D eigenvalue weighted by molar-refractivity contribution is 0.628. The molecule has 0 N–H and O–H groups in total. The SMILES string of the molecule is Fc1ccc(-c2ncc(Br)cn2)c(Cl)c1. The van der Waals surface area contributed by atoms with Crippen LogP contribution in [0.15, 0.2) is 35.1 Å². The number of hydrogen-bond acceptors (Lipinski definition) is 2. The summed E-state index contributed by atoms with van der Waals surface area (Å²) in [6, 6.07) is 4.12. The second-order valence-electron chi connectivity index (χ2n) is 2.85. The maximum Gasteiger partial charge on any atom is 0.160 e. The van der Waals surface area contributed by atoms with Gasteiger partial charge in [-0.1, -0.05) is 11.6 Å². The Hall–Kier alpha value is -1.00. The van der Waals surface area contributed by atoms with E-state index < -0.39 is 0 Å². The first-order valence-corrected chi connectivity index (χ1v) is 5.27. The first-order valence-electron chi connectivity index (χ1n) is 4.10. The van der Waals surface area contributed by atoms with Crippen LogP contribution in [0.25, 0.3) is 11.4 Å². The molecule has 1 aromatic carbocycles. The predicted molar refractivity (Wildman–Crippen MR) is 60.1 cm³/mol. The van der Waals surface area contributed by atoms with Gasteiger partial charge in [-0.25, -0.2) is 14.4 Å². The van der Waals surface area contributed by atoms with Crippen molar-refractivity contribution in [3.63, 3.8) is 0 Å². The van der Waals surface area contributed by atoms with Crippen molar-refractivity contribution in [1.82, 2.24) is 9.97 Å². The molecule has 0 spiro atoms. The average Bonchev–Trinajstić information content (AvgIpc) is 2.20. The van der Waals surface area contributed by atoms with Crippen LogP contribution >= 0.6 is 27.5 Å². The van der Waals surface area contributed by atoms with Crippen LogP contribution in [0.1, 0.15) is 0 Å². The van der Waals surface area contributed by atoms with Crippen LogP contribution in [0.3, 0.4) is 0 Å². The first kappa shape index (κ1) is 10.5. The van der Waals surface area contributed by atoms with Gasteiger partial charge in [0.05, 0.1) is 9.50 Å². The number of nitrogens with zero attached hydrogens (tertiary/aromatic N) is 2. The van der Waals surface area contributed by atoms with Gasteiger partial charge in [-0.2, -0.15) is 0 Å². The summed E-state index contributed by atoms with van der Waals surface area (Å²) in [5.41, 5.74) is 0.616. The minimum absolute atomic E-state index is 0.303. The highest BCUT2D eigenvalue weighted by Crippen LogP contribution is 2.25. The van der Waals surface area contributed by atoms with Crippen LogP contribution in [0.2, 0.25) is 5.02 Å². The molecule has 0 aliphatic heterocycles. The second kappa shape index (κ2) is 4.24. The van der Waals surface area contributed by atoms with Crippen molar-refractivity contribution in [2.45, 2.75) is 0 Å². The van der Waals surface area contributed by atoms with Crippen molar-refractivity contribution in [3.8, 4) is 11.4 Å². The van der Waals surface area contributed by atoms with Gasteiger partial charge in [0.1, 0.15) is 5.82 Å². The van der Waals surface area contributed by atoms with Gasteiger partial charge in [0.2, 0.25) is 0 Å². The summed E-state index contributed by atoms with van der Waals surface area (Å²) in [6.45, 7) is 0. The van der Waals surface area contributed by atoms with Gasteiger partial charge in [0.25, 0.3) is 0 Å². The number of aromatic nitrogens is 2. The van der Waals surface area contributed by atoms with Crippen molar-refractivity contribution in [2.24, 2.45) is 0 Å². The molecule has 0 aliphatic carbocycles. The van der Waals surface area contributed by atoms with Crippen LogP contribution in [0.5, 0.6) is 0 Å². The van der Waals surface area contributed by atoms with E-state index in [1.54, 1.807) is 18.5 Å². The summed E-state index contributed by atoms with van der Waals surface area (Å²) >= 11 is 9.10. The van der Waals surface area contributed by atoms with Gasteiger partial charge < -0.3 is 0 Å². The molecular formula is C10H5BrClFN2. The fraction of sp³-hybridized carbons (Fsp3) is 0. The maximum absolute atomic E-state index is 12.8. The van der Waals surface area contributed by atoms with E-state index in [-0.39, 0.29) is 5.82 Å². The number of rotatable bonds is 1. The van der Waals surface area contributed by atoms with Gasteiger partial charge >= 0.3 is 0 Å². The Morgan fingerprint density at radius 2 is 1.87 bits per heavy atom. The van der Waals surface area contributed by atoms with E-state index in [1.165, 1.54) is 12.1 Å². The molecule has 0 fully saturated rings. The minimum Gasteiger partial charge on any atom is -0.235 e. The smallest absolute Gasteiger partial charge is 0.160 e. The quantitative estimate of drug-likeness (QED) is 0.799. The lowest BCUT2D eigenvalue weighted by atomic mass is 10.2. The van der Waals surface area contributed by atoms with Crippen LogP contribution in [-0.2, 0) is 0 Å². The Labute approximate surface area is 99.3 Å². The van der Waals surface area contributed by atoms with Crippen molar-refractivity contribution in [3.05, 3.63) is 45.9 Å². The predicted octanol–water partition coefficient (Wildman–Crippen LogP) is 3.70. The van der Waals surface area contributed by atoms with Crippen LogP contribution in [-0.4, -0.2) is 9.97 Å². The molecule has 15 heavy (non-hydrogen) atoms. The van der Waals surface area contributed by atoms with Crippen LogP contribution < -0.4 is 0 Å². The van der Waals surface area contributed by atoms with E-state index in [4.69, 9.17) is 11.6 Å². The normalized spacial score (nSPS) is 10.3. The molecule has 2 nitrogen and oxygen atoms in total. The zero-order chi connectivity index (χ0) is 10.8. The molecule has 2 rings (SSSR count). The van der Waals surface area contributed by atoms with E-state index in [9.17, 15) is 4.39 Å². The molecule has 0 aliphatic rings. The Bertz CT molecular complexity index is 487. The fourth-order valence-electron chi connectivity index (χ4n) is 1.12. The molecule has 1 aromatic heterocycles. The largest absolute Gasteiger partial charge is 0.235 e. The van der Waals surface area contributed by atoms with Crippen LogP contribution in [0, 0.1) is 5.82 Å². The summed E-state index contributed by atoms with van der Waals surface area (Å²) in [7, 11) is 0. The van der Waals surface area contributed by atoms with Gasteiger partial charge in [0, 0.05) is 18.0 Å². The van der Waals surface area contributed by atoms with Crippen molar-refractivity contribution < 1.29 is 4.39 Å². The molecular weight excluding hydrogens is 282 g/mol. The highest BCUT2D eigenvalue weighted by Gasteiger charge is 2.06. The summed E-state index contributed by atoms with van der Waals surface area (Å²) in [5.74, 6) is 0.101. The lowest BCUT2D eigenvalue weighted by Gasteiger charge is -2.02. The summed E-state index contributed by atoms with van der Waals surface area (Å²) in [6.07, 6.45) is 3.23. The zero-order valence-electron chi connectivity index (χ0n) is 7.42. The first-order chi connectivity index (χ1) is 7.16. The van der Waals surface area contributed by atoms with Crippen molar-refractivity contribution in [1.29, 1.82) is 0 Å². The molecule has 0 bridgehead atoms. The van der Waals surface area contributed by atoms with Gasteiger partial charge in [-0.15, -0.1) is 0 Å². The molecule has 5 heteroatoms. The number of halogens is 3. The minimum atomic E-state index is -0.374. The molecule has 0 unspecified atom stereocenters. The molecule has 76 valence electrons. The van der Waals surface area contributed by atoms with Gasteiger partial charge in [0.15, 0.2) is 5.82 Å². The van der Waals surface area contributed by atoms with Gasteiger partial charge in [-0.3, -0.25) is 0 Å². The Morgan fingerprint density at radius 1 is 1.20 bits per heavy atom. The fourth-order valence-corrected chi connectivity index (χ4v) is 1.58. The Morgan fingerprint density at radius 3 is 2.47 bits per heavy atom. The molecule has 0 saturated carbocycles. The zero-order valence-corrected chi connectivity index (χ0v) is 9.76. The number of hydrogen-bond donors (Lipinski definition) is 0. The van der Waals surface area contributed by atoms with E-state index in [0.717, 1.165) is 4.47 Å². The van der Waals surface area contributed by atoms with Gasteiger partial charge in [-0.05, 0) is 34.1 Å². The average molecular weight is 288 g/mol. The van der Waals surface area contributed by atoms with Crippen molar-refractivity contribution >= 4 is 27.5 Å². The molecule has 0 radical (unpaired) electrons. The standard InChI is InChI=1S/C10H5BrClFN2/c11-6-4-14-10(15-5-6)8-2-1-7(13)3-9(8)12/h1-5H. The van der Waals surface area contributed by atoms with Crippen molar-refractivity contribution in [2.75, 3.05) is 0 Å². The highest BCUT2D eigenvalue weighted by atomic mass is 79.9. The summed E-state index contributed by atoms with van der Waals surface area (Å²) in [5, 5.41) is 0.303. The van der Waals surface area contributed by atoms with E-state index in [1.807, 2.05) is 0 Å². The molecule has 1 heterocycles. The molecule has 0 saturated heterocycles. The second-order valence-corrected chi connectivity index (χ2v) is 4.17. The number of benzene rings is 1. The third kappa shape index (κ3) is 2.33. The van der Waals surface area contributed by atoms with E-state index >= 15 is 0 Å². The third-order valence-corrected chi connectivity index (χ3v) is 2.51. The molecule has 0 atom stereocenters. The summed E-state index contributed by atoms with van der Waals surface area (Å²) < 4.78 is 13.6. The van der Waals surface area contributed by atoms with E-state index in [0.29, 0.717) is 16.4 Å².